The zero-order chi connectivity index (χ0) is 20.7. The zero-order valence-corrected chi connectivity index (χ0v) is 17.1. The molecule has 1 N–H and O–H groups in total. The monoisotopic (exact) mass is 420 g/mol. The molecule has 0 aromatic carbocycles. The van der Waals surface area contributed by atoms with Crippen molar-refractivity contribution >= 4 is 23.4 Å². The summed E-state index contributed by atoms with van der Waals surface area (Å²) in [5.74, 6) is 0.806. The maximum absolute atomic E-state index is 12.7. The number of nitrogens with one attached hydrogen (secondary N) is 1. The molecule has 28 heavy (non-hydrogen) atoms. The van der Waals surface area contributed by atoms with Gasteiger partial charge in [0, 0.05) is 38.9 Å². The highest BCUT2D eigenvalue weighted by Gasteiger charge is 2.32. The van der Waals surface area contributed by atoms with E-state index in [1.54, 1.807) is 4.90 Å². The summed E-state index contributed by atoms with van der Waals surface area (Å²) < 4.78 is 38.2. The van der Waals surface area contributed by atoms with Gasteiger partial charge < -0.3 is 15.1 Å². The third-order valence-corrected chi connectivity index (χ3v) is 5.38. The van der Waals surface area contributed by atoms with Gasteiger partial charge in [-0.2, -0.15) is 13.2 Å². The Morgan fingerprint density at radius 2 is 1.96 bits per heavy atom. The van der Waals surface area contributed by atoms with E-state index in [9.17, 15) is 18.0 Å². The van der Waals surface area contributed by atoms with Gasteiger partial charge in [-0.1, -0.05) is 44.7 Å². The molecule has 1 saturated heterocycles. The normalized spacial score (nSPS) is 16.2. The molecule has 9 heteroatoms. The van der Waals surface area contributed by atoms with Gasteiger partial charge in [-0.25, -0.2) is 9.78 Å². The van der Waals surface area contributed by atoms with Gasteiger partial charge in [0.2, 0.25) is 0 Å². The maximum Gasteiger partial charge on any atom is 0.417 e. The average Bonchev–Trinajstić information content (AvgIpc) is 2.67. The number of unbranched alkanes of at least 4 members (excludes halogenated alkanes) is 1. The molecule has 0 saturated carbocycles. The van der Waals surface area contributed by atoms with Crippen molar-refractivity contribution in [2.24, 2.45) is 5.92 Å². The smallest absolute Gasteiger partial charge is 0.352 e. The Labute approximate surface area is 169 Å². The van der Waals surface area contributed by atoms with E-state index in [4.69, 9.17) is 11.6 Å². The summed E-state index contributed by atoms with van der Waals surface area (Å²) in [4.78, 5) is 19.8. The SMILES string of the molecule is CCCCC(CC)CNC(=O)N1CCN(c2ncc(C(F)(F)F)cc2Cl)CC1. The Bertz CT molecular complexity index is 649. The van der Waals surface area contributed by atoms with Crippen LogP contribution in [0.15, 0.2) is 12.3 Å². The first kappa shape index (κ1) is 22.6. The summed E-state index contributed by atoms with van der Waals surface area (Å²) in [6, 6.07) is 0.797. The molecule has 2 amide bonds. The number of hydrogen-bond acceptors (Lipinski definition) is 3. The van der Waals surface area contributed by atoms with E-state index in [0.717, 1.165) is 37.9 Å². The highest BCUT2D eigenvalue weighted by atomic mass is 35.5. The molecule has 1 aliphatic heterocycles. The number of halogens is 4. The number of carbonyl (C=O) groups is 1. The van der Waals surface area contributed by atoms with E-state index in [-0.39, 0.29) is 11.1 Å². The highest BCUT2D eigenvalue weighted by Crippen LogP contribution is 2.33. The van der Waals surface area contributed by atoms with Crippen LogP contribution < -0.4 is 10.2 Å². The predicted octanol–water partition coefficient (Wildman–Crippen LogP) is 4.80. The maximum atomic E-state index is 12.7. The largest absolute Gasteiger partial charge is 0.417 e. The third-order valence-electron chi connectivity index (χ3n) is 5.10. The minimum absolute atomic E-state index is 0.0329. The fourth-order valence-electron chi connectivity index (χ4n) is 3.23. The molecule has 1 unspecified atom stereocenters. The number of carbonyl (C=O) groups excluding carboxylic acids is 1. The van der Waals surface area contributed by atoms with Gasteiger partial charge in [-0.15, -0.1) is 0 Å². The number of amides is 2. The molecular weight excluding hydrogens is 393 g/mol. The van der Waals surface area contributed by atoms with Crippen molar-refractivity contribution in [2.75, 3.05) is 37.6 Å². The summed E-state index contributed by atoms with van der Waals surface area (Å²) in [5.41, 5.74) is -0.868. The van der Waals surface area contributed by atoms with Crippen LogP contribution in [0.25, 0.3) is 0 Å². The first-order valence-corrected chi connectivity index (χ1v) is 10.1. The van der Waals surface area contributed by atoms with Crippen LogP contribution in [0.5, 0.6) is 0 Å². The molecule has 5 nitrogen and oxygen atoms in total. The molecule has 0 radical (unpaired) electrons. The molecule has 2 heterocycles. The van der Waals surface area contributed by atoms with Crippen molar-refractivity contribution in [3.8, 4) is 0 Å². The van der Waals surface area contributed by atoms with Crippen LogP contribution in [0, 0.1) is 5.92 Å². The molecule has 1 aliphatic rings. The van der Waals surface area contributed by atoms with Gasteiger partial charge in [-0.3, -0.25) is 0 Å². The van der Waals surface area contributed by atoms with Gasteiger partial charge in [0.15, 0.2) is 0 Å². The second-order valence-corrected chi connectivity index (χ2v) is 7.51. The molecular formula is C19H28ClF3N4O. The number of aromatic nitrogens is 1. The van der Waals surface area contributed by atoms with Crippen LogP contribution in [0.2, 0.25) is 5.02 Å². The van der Waals surface area contributed by atoms with Crippen molar-refractivity contribution < 1.29 is 18.0 Å². The number of anilines is 1. The average molecular weight is 421 g/mol. The number of alkyl halides is 3. The van der Waals surface area contributed by atoms with Crippen LogP contribution in [0.3, 0.4) is 0 Å². The molecule has 1 aromatic rings. The lowest BCUT2D eigenvalue weighted by Crippen LogP contribution is -2.52. The van der Waals surface area contributed by atoms with Gasteiger partial charge >= 0.3 is 12.2 Å². The molecule has 0 bridgehead atoms. The molecule has 0 aliphatic carbocycles. The van der Waals surface area contributed by atoms with Gasteiger partial charge in [-0.05, 0) is 18.4 Å². The number of nitrogens with zero attached hydrogens (tertiary/aromatic N) is 3. The quantitative estimate of drug-likeness (QED) is 0.689. The Hall–Kier alpha value is -1.70. The minimum atomic E-state index is -4.47. The summed E-state index contributed by atoms with van der Waals surface area (Å²) >= 11 is 6.01. The van der Waals surface area contributed by atoms with Gasteiger partial charge in [0.1, 0.15) is 5.82 Å². The van der Waals surface area contributed by atoms with E-state index in [2.05, 4.69) is 24.1 Å². The van der Waals surface area contributed by atoms with Gasteiger partial charge in [0.25, 0.3) is 0 Å². The minimum Gasteiger partial charge on any atom is -0.352 e. The lowest BCUT2D eigenvalue weighted by atomic mass is 9.99. The summed E-state index contributed by atoms with van der Waals surface area (Å²) in [7, 11) is 0. The van der Waals surface area contributed by atoms with E-state index in [0.29, 0.717) is 44.5 Å². The summed E-state index contributed by atoms with van der Waals surface area (Å²) in [5, 5.41) is 2.97. The number of pyridine rings is 1. The third kappa shape index (κ3) is 6.15. The second kappa shape index (κ2) is 10.2. The molecule has 1 fully saturated rings. The van der Waals surface area contributed by atoms with Crippen LogP contribution in [-0.2, 0) is 6.18 Å². The molecule has 158 valence electrons. The summed E-state index contributed by atoms with van der Waals surface area (Å²) in [6.45, 7) is 6.83. The van der Waals surface area contributed by atoms with Crippen LogP contribution in [0.1, 0.15) is 45.1 Å². The lowest BCUT2D eigenvalue weighted by molar-refractivity contribution is -0.137. The molecule has 0 spiro atoms. The number of rotatable bonds is 7. The first-order valence-electron chi connectivity index (χ1n) is 9.76. The Morgan fingerprint density at radius 3 is 2.50 bits per heavy atom. The Balaban J connectivity index is 1.86. The molecule has 1 aromatic heterocycles. The van der Waals surface area contributed by atoms with Crippen molar-refractivity contribution in [2.45, 2.75) is 45.7 Å². The fourth-order valence-corrected chi connectivity index (χ4v) is 3.51. The second-order valence-electron chi connectivity index (χ2n) is 7.10. The van der Waals surface area contributed by atoms with E-state index in [1.807, 2.05) is 4.90 Å². The Morgan fingerprint density at radius 1 is 1.29 bits per heavy atom. The van der Waals surface area contributed by atoms with Crippen molar-refractivity contribution in [1.29, 1.82) is 0 Å². The van der Waals surface area contributed by atoms with Crippen LogP contribution in [-0.4, -0.2) is 48.6 Å². The van der Waals surface area contributed by atoms with Crippen molar-refractivity contribution in [3.63, 3.8) is 0 Å². The van der Waals surface area contributed by atoms with Gasteiger partial charge in [0.05, 0.1) is 10.6 Å². The zero-order valence-electron chi connectivity index (χ0n) is 16.4. The van der Waals surface area contributed by atoms with Crippen LogP contribution in [0.4, 0.5) is 23.8 Å². The van der Waals surface area contributed by atoms with E-state index < -0.39 is 11.7 Å². The number of piperazine rings is 1. The standard InChI is InChI=1S/C19H28ClF3N4O/c1-3-5-6-14(4-2)12-25-18(28)27-9-7-26(8-10-27)17-16(20)11-15(13-24-17)19(21,22)23/h11,13-14H,3-10,12H2,1-2H3,(H,25,28). The number of urea groups is 1. The van der Waals surface area contributed by atoms with Crippen molar-refractivity contribution in [3.05, 3.63) is 22.8 Å². The number of hydrogen-bond donors (Lipinski definition) is 1. The predicted molar refractivity (Wildman–Crippen MR) is 105 cm³/mol. The summed E-state index contributed by atoms with van der Waals surface area (Å²) in [6.07, 6.45) is 0.771. The molecule has 2 rings (SSSR count). The molecule has 1 atom stereocenters. The van der Waals surface area contributed by atoms with E-state index >= 15 is 0 Å². The van der Waals surface area contributed by atoms with Crippen LogP contribution >= 0.6 is 11.6 Å². The highest BCUT2D eigenvalue weighted by molar-refractivity contribution is 6.33. The topological polar surface area (TPSA) is 48.5 Å². The van der Waals surface area contributed by atoms with E-state index in [1.165, 1.54) is 0 Å². The fraction of sp³-hybridized carbons (Fsp3) is 0.684. The first-order chi connectivity index (χ1) is 13.3. The lowest BCUT2D eigenvalue weighted by Gasteiger charge is -2.36. The van der Waals surface area contributed by atoms with Crippen molar-refractivity contribution in [1.82, 2.24) is 15.2 Å². The Kier molecular flexibility index (Phi) is 8.22.